The molecule has 0 aliphatic carbocycles. The van der Waals surface area contributed by atoms with Gasteiger partial charge in [0.05, 0.1) is 5.69 Å². The molecular formula is C80H65B4N3OPt. The number of para-hydroxylation sites is 2. The summed E-state index contributed by atoms with van der Waals surface area (Å²) in [5.41, 5.74) is 35.9. The molecule has 0 bridgehead atoms. The monoisotopic (exact) mass is 1320 g/mol. The zero-order valence-corrected chi connectivity index (χ0v) is 54.4. The number of aromatic nitrogens is 3. The van der Waals surface area contributed by atoms with Crippen LogP contribution in [-0.4, -0.2) is 36.8 Å². The first-order valence-corrected chi connectivity index (χ1v) is 31.0. The van der Waals surface area contributed by atoms with Crippen LogP contribution in [0.1, 0.15) is 55.6 Å². The predicted octanol–water partition coefficient (Wildman–Crippen LogP) is 10.1. The van der Waals surface area contributed by atoms with Gasteiger partial charge >= 0.3 is 21.1 Å². The Kier molecular flexibility index (Phi) is 14.9. The summed E-state index contributed by atoms with van der Waals surface area (Å²) in [6.07, 6.45) is 3.83. The molecule has 0 N–H and O–H groups in total. The van der Waals surface area contributed by atoms with Gasteiger partial charge in [-0.15, -0.1) is 22.6 Å². The van der Waals surface area contributed by atoms with Crippen LogP contribution in [-0.2, 0) is 21.1 Å². The fourth-order valence-corrected chi connectivity index (χ4v) is 16.0. The zero-order valence-electron chi connectivity index (χ0n) is 52.1. The van der Waals surface area contributed by atoms with E-state index in [0.29, 0.717) is 11.5 Å². The van der Waals surface area contributed by atoms with Gasteiger partial charge in [-0.3, -0.25) is 4.98 Å². The van der Waals surface area contributed by atoms with Crippen molar-refractivity contribution in [1.29, 1.82) is 0 Å². The van der Waals surface area contributed by atoms with Crippen molar-refractivity contribution in [2.45, 2.75) is 69.2 Å². The summed E-state index contributed by atoms with van der Waals surface area (Å²) in [5.74, 6) is 1.34. The number of hydrogen-bond donors (Lipinski definition) is 0. The van der Waals surface area contributed by atoms with E-state index >= 15 is 0 Å². The van der Waals surface area contributed by atoms with Crippen LogP contribution < -0.4 is 75.3 Å². The molecule has 428 valence electrons. The van der Waals surface area contributed by atoms with E-state index in [0.717, 1.165) is 60.9 Å². The Balaban J connectivity index is 0.00000694. The van der Waals surface area contributed by atoms with Crippen molar-refractivity contribution in [3.8, 4) is 45.1 Å². The third-order valence-electron chi connectivity index (χ3n) is 19.4. The molecule has 13 aromatic rings. The molecule has 0 unspecified atom stereocenters. The molecule has 0 saturated heterocycles. The summed E-state index contributed by atoms with van der Waals surface area (Å²) in [7, 11) is 0. The van der Waals surface area contributed by atoms with E-state index in [9.17, 15) is 0 Å². The first kappa shape index (κ1) is 57.8. The quantitative estimate of drug-likeness (QED) is 0.107. The molecule has 2 aliphatic heterocycles. The topological polar surface area (TPSA) is 49.1 Å². The Hall–Kier alpha value is -8.95. The maximum Gasteiger partial charge on any atom is 2.00 e. The smallest absolute Gasteiger partial charge is 0.653 e. The number of aryl methyl sites for hydroxylation is 10. The molecule has 5 heterocycles. The minimum atomic E-state index is -0.156. The fourth-order valence-electron chi connectivity index (χ4n) is 16.0. The minimum Gasteiger partial charge on any atom is -0.653 e. The van der Waals surface area contributed by atoms with Gasteiger partial charge in [0.15, 0.2) is 6.71 Å². The van der Waals surface area contributed by atoms with E-state index in [-0.39, 0.29) is 47.9 Å². The molecular weight excluding hydrogens is 1260 g/mol. The first-order chi connectivity index (χ1) is 42.8. The van der Waals surface area contributed by atoms with Crippen LogP contribution >= 0.6 is 0 Å². The van der Waals surface area contributed by atoms with Gasteiger partial charge in [-0.1, -0.05) is 292 Å². The van der Waals surface area contributed by atoms with Crippen LogP contribution in [0.15, 0.2) is 213 Å². The van der Waals surface area contributed by atoms with Crippen molar-refractivity contribution in [2.75, 3.05) is 0 Å². The number of benzene rings is 10. The predicted molar refractivity (Wildman–Crippen MR) is 377 cm³/mol. The van der Waals surface area contributed by atoms with E-state index in [1.165, 1.54) is 116 Å². The molecule has 0 atom stereocenters. The molecule has 0 saturated carbocycles. The van der Waals surface area contributed by atoms with E-state index in [2.05, 4.69) is 269 Å². The van der Waals surface area contributed by atoms with Gasteiger partial charge in [0.1, 0.15) is 5.75 Å². The molecule has 89 heavy (non-hydrogen) atoms. The van der Waals surface area contributed by atoms with Crippen LogP contribution in [0.2, 0.25) is 0 Å². The number of fused-ring (bicyclic) bond motifs is 7. The Labute approximate surface area is 539 Å². The number of nitrogens with zero attached hydrogens (tertiary/aromatic N) is 3. The van der Waals surface area contributed by atoms with Crippen LogP contribution in [0, 0.1) is 75.3 Å². The van der Waals surface area contributed by atoms with Gasteiger partial charge in [-0.25, -0.2) is 0 Å². The van der Waals surface area contributed by atoms with Gasteiger partial charge in [-0.2, -0.15) is 5.46 Å². The van der Waals surface area contributed by atoms with Crippen LogP contribution in [0.25, 0.3) is 55.4 Å². The van der Waals surface area contributed by atoms with Crippen LogP contribution in [0.5, 0.6) is 11.5 Å². The molecule has 3 aromatic heterocycles. The number of hydrogen-bond acceptors (Lipinski definition) is 3. The van der Waals surface area contributed by atoms with E-state index < -0.39 is 0 Å². The SMILES string of the molecule is Cc1cc(C)c(B2c3ccccc3B(c3c(C)cc(C)cc3C)c3c(Oc4cccc5c4[n-]c4c(-c6cc(-c7ccc8c(c7)B(c7c(C)cccc7C)c7ccccc7B8c7c(C)cccc7C)ccn6)cccc45)[c-]c(-c4ccccn4)cc32)c(C)c1.[Pt+2]. The number of rotatable bonds is 9. The maximum atomic E-state index is 7.65. The third kappa shape index (κ3) is 9.69. The Morgan fingerprint density at radius 1 is 0.348 bits per heavy atom. The third-order valence-corrected chi connectivity index (χ3v) is 19.4. The van der Waals surface area contributed by atoms with Crippen molar-refractivity contribution < 1.29 is 25.8 Å². The van der Waals surface area contributed by atoms with Crippen molar-refractivity contribution in [3.63, 3.8) is 0 Å². The number of ether oxygens (including phenoxy) is 1. The summed E-state index contributed by atoms with van der Waals surface area (Å²) in [6, 6.07) is 78.0. The van der Waals surface area contributed by atoms with Crippen molar-refractivity contribution in [2.24, 2.45) is 0 Å². The molecule has 0 amide bonds. The summed E-state index contributed by atoms with van der Waals surface area (Å²) in [5, 5.41) is 2.06. The first-order valence-electron chi connectivity index (χ1n) is 31.0. The fraction of sp³-hybridized carbons (Fsp3) is 0.125. The zero-order chi connectivity index (χ0) is 60.2. The van der Waals surface area contributed by atoms with Gasteiger partial charge in [0.25, 0.3) is 0 Å². The molecule has 15 rings (SSSR count). The van der Waals surface area contributed by atoms with Gasteiger partial charge in [0, 0.05) is 18.1 Å². The van der Waals surface area contributed by atoms with Crippen molar-refractivity contribution in [1.82, 2.24) is 15.0 Å². The summed E-state index contributed by atoms with van der Waals surface area (Å²) in [6.45, 7) is 22.5. The van der Waals surface area contributed by atoms with Gasteiger partial charge < -0.3 is 14.7 Å². The van der Waals surface area contributed by atoms with Gasteiger partial charge in [-0.05, 0) is 127 Å². The number of pyridine rings is 2. The summed E-state index contributed by atoms with van der Waals surface area (Å²) < 4.78 is 7.65. The summed E-state index contributed by atoms with van der Waals surface area (Å²) >= 11 is 0. The minimum absolute atomic E-state index is 0. The second-order valence-corrected chi connectivity index (χ2v) is 25.2. The second kappa shape index (κ2) is 22.9. The second-order valence-electron chi connectivity index (χ2n) is 25.2. The average molecular weight is 1320 g/mol. The molecule has 0 fully saturated rings. The van der Waals surface area contributed by atoms with Gasteiger partial charge in [0.2, 0.25) is 20.1 Å². The molecule has 2 aliphatic rings. The Bertz CT molecular complexity index is 4930. The standard InChI is InChI=1S/C80H65B4N3O.Pt/c1-47-39-53(7)76(54(8)40-47)83-65-30-13-14-31-66(65)84(77-55(9)41-48(2)42-56(77)10)78-69(83)44-59(70-32-15-16-37-85-70)46-73(78)88-72-33-20-26-61-60-25-19-27-62(79(60)87-80(61)72)71-45-58(36-38-86-71)57-34-35-67-68(43-57)82(75-51(5)23-18-24-52(75)6)64-29-12-11-28-63(64)81(67)74-49(3)21-17-22-50(74)4;/h11-45H,1-10H3;/q-2;+2. The molecule has 0 radical (unpaired) electrons. The normalized spacial score (nSPS) is 12.4. The summed E-state index contributed by atoms with van der Waals surface area (Å²) in [4.78, 5) is 15.7. The molecule has 4 nitrogen and oxygen atoms in total. The molecule has 10 aromatic carbocycles. The van der Waals surface area contributed by atoms with Crippen molar-refractivity contribution in [3.05, 3.63) is 274 Å². The molecule has 9 heteroatoms. The van der Waals surface area contributed by atoms with E-state index in [1.807, 2.05) is 18.5 Å². The average Bonchev–Trinajstić information content (AvgIpc) is 1.23. The van der Waals surface area contributed by atoms with Crippen LogP contribution in [0.3, 0.4) is 0 Å². The Morgan fingerprint density at radius 3 is 1.40 bits per heavy atom. The van der Waals surface area contributed by atoms with E-state index in [1.54, 1.807) is 0 Å². The largest absolute Gasteiger partial charge is 2.00 e. The van der Waals surface area contributed by atoms with E-state index in [4.69, 9.17) is 19.7 Å². The maximum absolute atomic E-state index is 7.65. The Morgan fingerprint density at radius 2 is 0.820 bits per heavy atom. The molecule has 0 spiro atoms. The van der Waals surface area contributed by atoms with Crippen molar-refractivity contribution >= 4 is 114 Å². The van der Waals surface area contributed by atoms with Crippen LogP contribution in [0.4, 0.5) is 0 Å².